The van der Waals surface area contributed by atoms with Crippen LogP contribution < -0.4 is 10.1 Å². The van der Waals surface area contributed by atoms with Crippen LogP contribution in [0.2, 0.25) is 0 Å². The van der Waals surface area contributed by atoms with E-state index in [1.165, 1.54) is 12.0 Å². The fourth-order valence-corrected chi connectivity index (χ4v) is 3.49. The van der Waals surface area contributed by atoms with Crippen LogP contribution in [0, 0.1) is 5.92 Å². The predicted octanol–water partition coefficient (Wildman–Crippen LogP) is 2.34. The Bertz CT molecular complexity index is 439. The summed E-state index contributed by atoms with van der Waals surface area (Å²) in [6.45, 7) is 3.82. The summed E-state index contributed by atoms with van der Waals surface area (Å²) in [5.41, 5.74) is 1.43. The van der Waals surface area contributed by atoms with Crippen LogP contribution in [0.3, 0.4) is 0 Å². The summed E-state index contributed by atoms with van der Waals surface area (Å²) in [6, 6.07) is 6.27. The molecule has 2 aliphatic rings. The van der Waals surface area contributed by atoms with Crippen molar-refractivity contribution < 1.29 is 9.47 Å². The van der Waals surface area contributed by atoms with Crippen LogP contribution in [-0.4, -0.2) is 33.4 Å². The highest BCUT2D eigenvalue weighted by molar-refractivity contribution is 9.10. The Morgan fingerprint density at radius 1 is 1.44 bits per heavy atom. The van der Waals surface area contributed by atoms with Crippen LogP contribution in [0.25, 0.3) is 0 Å². The molecule has 0 saturated carbocycles. The minimum atomic E-state index is 0.138. The van der Waals surface area contributed by atoms with E-state index in [9.17, 15) is 0 Å². The van der Waals surface area contributed by atoms with Gasteiger partial charge in [0.15, 0.2) is 0 Å². The molecular formula is C14H18BrNO2. The third-order valence-electron chi connectivity index (χ3n) is 4.26. The molecular weight excluding hydrogens is 294 g/mol. The molecule has 4 heteroatoms. The number of ether oxygens (including phenoxy) is 2. The van der Waals surface area contributed by atoms with Crippen LogP contribution in [0.4, 0.5) is 0 Å². The van der Waals surface area contributed by atoms with Gasteiger partial charge in [-0.15, -0.1) is 0 Å². The van der Waals surface area contributed by atoms with Crippen LogP contribution in [0.5, 0.6) is 5.75 Å². The van der Waals surface area contributed by atoms with Crippen molar-refractivity contribution in [1.82, 2.24) is 5.32 Å². The minimum Gasteiger partial charge on any atom is -0.496 e. The first-order chi connectivity index (χ1) is 8.76. The lowest BCUT2D eigenvalue weighted by Gasteiger charge is -2.46. The number of methoxy groups -OCH3 is 1. The second-order valence-corrected chi connectivity index (χ2v) is 6.10. The van der Waals surface area contributed by atoms with Gasteiger partial charge >= 0.3 is 0 Å². The first-order valence-electron chi connectivity index (χ1n) is 6.39. The van der Waals surface area contributed by atoms with Gasteiger partial charge in [0, 0.05) is 15.5 Å². The fourth-order valence-electron chi connectivity index (χ4n) is 3.13. The first kappa shape index (κ1) is 12.5. The Hall–Kier alpha value is -0.580. The Morgan fingerprint density at radius 2 is 2.28 bits per heavy atom. The largest absolute Gasteiger partial charge is 0.496 e. The topological polar surface area (TPSA) is 30.5 Å². The van der Waals surface area contributed by atoms with Gasteiger partial charge in [0.1, 0.15) is 5.75 Å². The van der Waals surface area contributed by atoms with E-state index in [4.69, 9.17) is 9.47 Å². The highest BCUT2D eigenvalue weighted by Crippen LogP contribution is 2.46. The molecule has 0 aromatic heterocycles. The standard InChI is InChI=1S/C14H18BrNO2/c1-17-13-3-2-11(15)6-12(13)14(8-18-9-14)10-4-5-16-7-10/h2-3,6,10,16H,4-5,7-9H2,1H3. The van der Waals surface area contributed by atoms with E-state index in [0.717, 1.165) is 36.5 Å². The van der Waals surface area contributed by atoms with Gasteiger partial charge in [0.25, 0.3) is 0 Å². The molecule has 2 aliphatic heterocycles. The first-order valence-corrected chi connectivity index (χ1v) is 7.18. The van der Waals surface area contributed by atoms with Gasteiger partial charge in [-0.1, -0.05) is 15.9 Å². The summed E-state index contributed by atoms with van der Waals surface area (Å²) >= 11 is 3.57. The molecule has 0 aliphatic carbocycles. The predicted molar refractivity (Wildman–Crippen MR) is 74.2 cm³/mol. The maximum Gasteiger partial charge on any atom is 0.122 e. The maximum atomic E-state index is 5.55. The van der Waals surface area contributed by atoms with Crippen molar-refractivity contribution in [3.63, 3.8) is 0 Å². The second-order valence-electron chi connectivity index (χ2n) is 5.18. The molecule has 0 bridgehead atoms. The summed E-state index contributed by atoms with van der Waals surface area (Å²) < 4.78 is 12.2. The molecule has 1 unspecified atom stereocenters. The molecule has 2 saturated heterocycles. The summed E-state index contributed by atoms with van der Waals surface area (Å²) in [6.07, 6.45) is 1.22. The van der Waals surface area contributed by atoms with E-state index in [0.29, 0.717) is 5.92 Å². The maximum absolute atomic E-state index is 5.55. The molecule has 1 N–H and O–H groups in total. The quantitative estimate of drug-likeness (QED) is 0.929. The van der Waals surface area contributed by atoms with E-state index in [2.05, 4.69) is 27.3 Å². The molecule has 1 aromatic carbocycles. The van der Waals surface area contributed by atoms with Gasteiger partial charge in [-0.25, -0.2) is 0 Å². The zero-order chi connectivity index (χ0) is 12.6. The van der Waals surface area contributed by atoms with Gasteiger partial charge in [0.05, 0.1) is 20.3 Å². The Labute approximate surface area is 116 Å². The molecule has 1 aromatic rings. The summed E-state index contributed by atoms with van der Waals surface area (Å²) in [5, 5.41) is 3.46. The van der Waals surface area contributed by atoms with E-state index in [-0.39, 0.29) is 5.41 Å². The summed E-state index contributed by atoms with van der Waals surface area (Å²) in [5.74, 6) is 1.63. The lowest BCUT2D eigenvalue weighted by Crippen LogP contribution is -2.53. The van der Waals surface area contributed by atoms with Crippen molar-refractivity contribution in [3.05, 3.63) is 28.2 Å². The molecule has 2 fully saturated rings. The van der Waals surface area contributed by atoms with E-state index in [1.54, 1.807) is 7.11 Å². The molecule has 2 heterocycles. The van der Waals surface area contributed by atoms with Gasteiger partial charge in [-0.3, -0.25) is 0 Å². The number of rotatable bonds is 3. The summed E-state index contributed by atoms with van der Waals surface area (Å²) in [4.78, 5) is 0. The van der Waals surface area contributed by atoms with Crippen molar-refractivity contribution in [3.8, 4) is 5.75 Å². The van der Waals surface area contributed by atoms with Crippen LogP contribution in [0.15, 0.2) is 22.7 Å². The monoisotopic (exact) mass is 311 g/mol. The number of benzene rings is 1. The normalized spacial score (nSPS) is 25.8. The van der Waals surface area contributed by atoms with E-state index >= 15 is 0 Å². The SMILES string of the molecule is COc1ccc(Br)cc1C1(C2CCNC2)COC1. The molecule has 3 rings (SSSR count). The lowest BCUT2D eigenvalue weighted by molar-refractivity contribution is -0.0878. The van der Waals surface area contributed by atoms with Crippen molar-refractivity contribution >= 4 is 15.9 Å². The molecule has 0 spiro atoms. The van der Waals surface area contributed by atoms with Crippen molar-refractivity contribution in [2.24, 2.45) is 5.92 Å². The zero-order valence-electron chi connectivity index (χ0n) is 10.5. The van der Waals surface area contributed by atoms with Crippen molar-refractivity contribution in [2.45, 2.75) is 11.8 Å². The highest BCUT2D eigenvalue weighted by atomic mass is 79.9. The highest BCUT2D eigenvalue weighted by Gasteiger charge is 2.49. The van der Waals surface area contributed by atoms with Crippen LogP contribution in [-0.2, 0) is 10.2 Å². The molecule has 0 radical (unpaired) electrons. The lowest BCUT2D eigenvalue weighted by atomic mass is 9.68. The number of nitrogens with one attached hydrogen (secondary N) is 1. The minimum absolute atomic E-state index is 0.138. The van der Waals surface area contributed by atoms with Crippen LogP contribution >= 0.6 is 15.9 Å². The molecule has 18 heavy (non-hydrogen) atoms. The number of hydrogen-bond acceptors (Lipinski definition) is 3. The molecule has 1 atom stereocenters. The third kappa shape index (κ3) is 1.87. The average molecular weight is 312 g/mol. The van der Waals surface area contributed by atoms with Crippen LogP contribution in [0.1, 0.15) is 12.0 Å². The van der Waals surface area contributed by atoms with E-state index in [1.807, 2.05) is 12.1 Å². The Balaban J connectivity index is 2.02. The van der Waals surface area contributed by atoms with Gasteiger partial charge < -0.3 is 14.8 Å². The second kappa shape index (κ2) is 4.83. The smallest absolute Gasteiger partial charge is 0.122 e. The Kier molecular flexibility index (Phi) is 3.34. The van der Waals surface area contributed by atoms with E-state index < -0.39 is 0 Å². The van der Waals surface area contributed by atoms with Gasteiger partial charge in [-0.05, 0) is 43.6 Å². The fraction of sp³-hybridized carbons (Fsp3) is 0.571. The van der Waals surface area contributed by atoms with Gasteiger partial charge in [-0.2, -0.15) is 0 Å². The number of hydrogen-bond donors (Lipinski definition) is 1. The van der Waals surface area contributed by atoms with Gasteiger partial charge in [0.2, 0.25) is 0 Å². The Morgan fingerprint density at radius 3 is 2.83 bits per heavy atom. The molecule has 0 amide bonds. The van der Waals surface area contributed by atoms with Crippen molar-refractivity contribution in [1.29, 1.82) is 0 Å². The number of halogens is 1. The molecule has 98 valence electrons. The molecule has 3 nitrogen and oxygen atoms in total. The van der Waals surface area contributed by atoms with Crippen molar-refractivity contribution in [2.75, 3.05) is 33.4 Å². The average Bonchev–Trinajstić information content (AvgIpc) is 2.82. The third-order valence-corrected chi connectivity index (χ3v) is 4.75. The summed E-state index contributed by atoms with van der Waals surface area (Å²) in [7, 11) is 1.74. The zero-order valence-corrected chi connectivity index (χ0v) is 12.1.